The van der Waals surface area contributed by atoms with Crippen molar-refractivity contribution in [2.45, 2.75) is 25.7 Å². The molecule has 0 saturated carbocycles. The molecule has 0 N–H and O–H groups in total. The van der Waals surface area contributed by atoms with E-state index >= 15 is 0 Å². The fraction of sp³-hybridized carbons (Fsp3) is 0.167. The van der Waals surface area contributed by atoms with Gasteiger partial charge in [-0.2, -0.15) is 0 Å². The summed E-state index contributed by atoms with van der Waals surface area (Å²) in [5.41, 5.74) is 8.71. The second-order valence-electron chi connectivity index (χ2n) is 6.79. The van der Waals surface area contributed by atoms with E-state index in [9.17, 15) is 0 Å². The Morgan fingerprint density at radius 1 is 0.583 bits per heavy atom. The maximum absolute atomic E-state index is 2.39. The standard InChI is InChI=1S/C24H20/c1-2-8-17(9-3-1)18-14-15-23-21-12-5-4-10-19(21)20-11-6-7-13-22(20)24(23)16-18/h1-3,5,7-9,12-16H,4,6,10-11H2. The van der Waals surface area contributed by atoms with Crippen molar-refractivity contribution in [1.29, 1.82) is 0 Å². The van der Waals surface area contributed by atoms with Gasteiger partial charge in [0.05, 0.1) is 0 Å². The monoisotopic (exact) mass is 308 g/mol. The van der Waals surface area contributed by atoms with E-state index in [0.29, 0.717) is 0 Å². The third-order valence-corrected chi connectivity index (χ3v) is 5.41. The highest BCUT2D eigenvalue weighted by atomic mass is 14.2. The van der Waals surface area contributed by atoms with E-state index in [2.05, 4.69) is 72.8 Å². The Bertz CT molecular complexity index is 988. The number of hydrogen-bond donors (Lipinski definition) is 0. The van der Waals surface area contributed by atoms with Gasteiger partial charge in [0.1, 0.15) is 0 Å². The Labute approximate surface area is 143 Å². The number of hydrogen-bond acceptors (Lipinski definition) is 0. The van der Waals surface area contributed by atoms with Crippen LogP contribution in [0.1, 0.15) is 35.1 Å². The summed E-state index contributed by atoms with van der Waals surface area (Å²) in [4.78, 5) is 0. The first kappa shape index (κ1) is 13.8. The van der Waals surface area contributed by atoms with Crippen molar-refractivity contribution in [2.24, 2.45) is 0 Å². The Morgan fingerprint density at radius 2 is 1.25 bits per heavy atom. The van der Waals surface area contributed by atoms with Crippen LogP contribution in [0.3, 0.4) is 0 Å². The molecule has 3 aromatic rings. The molecule has 2 aliphatic carbocycles. The van der Waals surface area contributed by atoms with Crippen LogP contribution in [0, 0.1) is 0 Å². The van der Waals surface area contributed by atoms with E-state index < -0.39 is 0 Å². The van der Waals surface area contributed by atoms with Crippen LogP contribution in [0.15, 0.2) is 60.7 Å². The Kier molecular flexibility index (Phi) is 3.16. The molecule has 0 radical (unpaired) electrons. The van der Waals surface area contributed by atoms with E-state index in [1.165, 1.54) is 58.7 Å². The van der Waals surface area contributed by atoms with Crippen LogP contribution in [-0.4, -0.2) is 0 Å². The van der Waals surface area contributed by atoms with Crippen molar-refractivity contribution in [2.75, 3.05) is 0 Å². The first-order valence-electron chi connectivity index (χ1n) is 8.92. The lowest BCUT2D eigenvalue weighted by molar-refractivity contribution is 0.911. The molecular weight excluding hydrogens is 288 g/mol. The molecule has 0 bridgehead atoms. The molecule has 24 heavy (non-hydrogen) atoms. The molecule has 0 nitrogen and oxygen atoms in total. The summed E-state index contributed by atoms with van der Waals surface area (Å²) in [6.07, 6.45) is 14.1. The summed E-state index contributed by atoms with van der Waals surface area (Å²) in [6.45, 7) is 0. The molecule has 0 heteroatoms. The van der Waals surface area contributed by atoms with Gasteiger partial charge in [0.25, 0.3) is 0 Å². The second kappa shape index (κ2) is 5.49. The van der Waals surface area contributed by atoms with Gasteiger partial charge in [0.2, 0.25) is 0 Å². The fourth-order valence-electron chi connectivity index (χ4n) is 4.27. The molecule has 116 valence electrons. The highest BCUT2D eigenvalue weighted by Gasteiger charge is 2.19. The lowest BCUT2D eigenvalue weighted by atomic mass is 9.80. The predicted octanol–water partition coefficient (Wildman–Crippen LogP) is 6.43. The highest BCUT2D eigenvalue weighted by Crippen LogP contribution is 2.39. The Morgan fingerprint density at radius 3 is 1.96 bits per heavy atom. The van der Waals surface area contributed by atoms with Gasteiger partial charge < -0.3 is 0 Å². The molecule has 0 unspecified atom stereocenters. The van der Waals surface area contributed by atoms with Gasteiger partial charge in [-0.05, 0) is 75.9 Å². The zero-order valence-electron chi connectivity index (χ0n) is 13.8. The number of rotatable bonds is 1. The van der Waals surface area contributed by atoms with Gasteiger partial charge >= 0.3 is 0 Å². The molecule has 0 heterocycles. The lowest BCUT2D eigenvalue weighted by Crippen LogP contribution is -2.07. The maximum atomic E-state index is 2.39. The molecule has 5 rings (SSSR count). The van der Waals surface area contributed by atoms with Crippen LogP contribution in [-0.2, 0) is 12.8 Å². The van der Waals surface area contributed by atoms with Crippen LogP contribution in [0.5, 0.6) is 0 Å². The van der Waals surface area contributed by atoms with Crippen LogP contribution < -0.4 is 0 Å². The predicted molar refractivity (Wildman–Crippen MR) is 104 cm³/mol. The van der Waals surface area contributed by atoms with Crippen LogP contribution >= 0.6 is 0 Å². The molecule has 0 aliphatic heterocycles. The summed E-state index contributed by atoms with van der Waals surface area (Å²) in [5, 5.41) is 2.82. The number of benzene rings is 3. The van der Waals surface area contributed by atoms with Crippen molar-refractivity contribution in [3.8, 4) is 11.1 Å². The molecule has 0 aromatic heterocycles. The minimum absolute atomic E-state index is 1.17. The molecule has 0 spiro atoms. The molecule has 2 aliphatic rings. The Hall–Kier alpha value is -2.60. The molecule has 0 atom stereocenters. The molecule has 0 amide bonds. The van der Waals surface area contributed by atoms with E-state index in [0.717, 1.165) is 0 Å². The van der Waals surface area contributed by atoms with Gasteiger partial charge in [0, 0.05) is 0 Å². The number of allylic oxidation sites excluding steroid dienone is 2. The molecule has 0 fully saturated rings. The normalized spacial score (nSPS) is 15.3. The van der Waals surface area contributed by atoms with Gasteiger partial charge in [-0.3, -0.25) is 0 Å². The van der Waals surface area contributed by atoms with Gasteiger partial charge in [-0.15, -0.1) is 0 Å². The largest absolute Gasteiger partial charge is 0.0836 e. The first-order valence-corrected chi connectivity index (χ1v) is 8.92. The van der Waals surface area contributed by atoms with E-state index in [1.54, 1.807) is 11.1 Å². The summed E-state index contributed by atoms with van der Waals surface area (Å²) in [7, 11) is 0. The average Bonchev–Trinajstić information content (AvgIpc) is 2.68. The molecular formula is C24H20. The van der Waals surface area contributed by atoms with Gasteiger partial charge in [-0.1, -0.05) is 66.8 Å². The summed E-state index contributed by atoms with van der Waals surface area (Å²) >= 11 is 0. The van der Waals surface area contributed by atoms with Crippen molar-refractivity contribution in [3.63, 3.8) is 0 Å². The molecule has 3 aromatic carbocycles. The maximum Gasteiger partial charge on any atom is -0.00964 e. The van der Waals surface area contributed by atoms with Crippen molar-refractivity contribution < 1.29 is 0 Å². The highest BCUT2D eigenvalue weighted by molar-refractivity contribution is 6.01. The quantitative estimate of drug-likeness (QED) is 0.486. The smallest absolute Gasteiger partial charge is 0.00964 e. The van der Waals surface area contributed by atoms with Crippen molar-refractivity contribution in [1.82, 2.24) is 0 Å². The molecule has 0 saturated heterocycles. The third-order valence-electron chi connectivity index (χ3n) is 5.41. The first-order chi connectivity index (χ1) is 11.9. The zero-order valence-corrected chi connectivity index (χ0v) is 13.8. The van der Waals surface area contributed by atoms with E-state index in [4.69, 9.17) is 0 Å². The lowest BCUT2D eigenvalue weighted by Gasteiger charge is -2.24. The van der Waals surface area contributed by atoms with Crippen LogP contribution in [0.25, 0.3) is 34.1 Å². The topological polar surface area (TPSA) is 0 Å². The summed E-state index contributed by atoms with van der Waals surface area (Å²) < 4.78 is 0. The van der Waals surface area contributed by atoms with Gasteiger partial charge in [0.15, 0.2) is 0 Å². The van der Waals surface area contributed by atoms with Gasteiger partial charge in [-0.25, -0.2) is 0 Å². The van der Waals surface area contributed by atoms with E-state index in [-0.39, 0.29) is 0 Å². The Balaban J connectivity index is 1.85. The fourth-order valence-corrected chi connectivity index (χ4v) is 4.27. The van der Waals surface area contributed by atoms with Crippen LogP contribution in [0.2, 0.25) is 0 Å². The van der Waals surface area contributed by atoms with Crippen molar-refractivity contribution in [3.05, 3.63) is 82.9 Å². The SMILES string of the molecule is C1=Cc2c(c3c(c4cc(-c5ccccc5)ccc24)C=CCC3)CC1. The summed E-state index contributed by atoms with van der Waals surface area (Å²) in [6, 6.07) is 17.7. The van der Waals surface area contributed by atoms with E-state index in [1.807, 2.05) is 0 Å². The van der Waals surface area contributed by atoms with Crippen molar-refractivity contribution >= 4 is 22.9 Å². The minimum atomic E-state index is 1.17. The average molecular weight is 308 g/mol. The van der Waals surface area contributed by atoms with Crippen LogP contribution in [0.4, 0.5) is 0 Å². The summed E-state index contributed by atoms with van der Waals surface area (Å²) in [5.74, 6) is 0. The third kappa shape index (κ3) is 2.06. The number of fused-ring (bicyclic) bond motifs is 6. The second-order valence-corrected chi connectivity index (χ2v) is 6.79. The zero-order chi connectivity index (χ0) is 15.9. The minimum Gasteiger partial charge on any atom is -0.0836 e.